The number of benzene rings is 3. The van der Waals surface area contributed by atoms with E-state index < -0.39 is 5.54 Å². The molecule has 6 rings (SSSR count). The van der Waals surface area contributed by atoms with Crippen molar-refractivity contribution < 1.29 is 14.0 Å². The molecule has 1 N–H and O–H groups in total. The van der Waals surface area contributed by atoms with E-state index in [0.717, 1.165) is 27.7 Å². The zero-order valence-electron chi connectivity index (χ0n) is 20.4. The van der Waals surface area contributed by atoms with Gasteiger partial charge in [0.15, 0.2) is 5.54 Å². The number of amides is 2. The molecule has 2 amide bonds. The summed E-state index contributed by atoms with van der Waals surface area (Å²) in [5, 5.41) is 1.07. The molecule has 2 atom stereocenters. The monoisotopic (exact) mass is 481 g/mol. The fourth-order valence-electron chi connectivity index (χ4n) is 5.91. The second kappa shape index (κ2) is 8.33. The van der Waals surface area contributed by atoms with Gasteiger partial charge in [-0.05, 0) is 49.1 Å². The standard InChI is InChI=1S/C30H28FN3O2/c1-19-11-13-20(14-12-19)23-17-34-26(35)18-33(16-15-21-7-3-5-9-24(21)31)29(36)30(34,2)28-27(23)22-8-4-6-10-25(22)32-28/h3-14,23,32H,15-18H2,1-2H3/t23?,30-/m0/s1. The van der Waals surface area contributed by atoms with Crippen molar-refractivity contribution >= 4 is 22.7 Å². The molecule has 1 saturated heterocycles. The van der Waals surface area contributed by atoms with Crippen molar-refractivity contribution in [3.63, 3.8) is 0 Å². The summed E-state index contributed by atoms with van der Waals surface area (Å²) < 4.78 is 14.2. The minimum Gasteiger partial charge on any atom is -0.356 e. The Balaban J connectivity index is 1.44. The topological polar surface area (TPSA) is 56.4 Å². The molecule has 0 spiro atoms. The van der Waals surface area contributed by atoms with Crippen LogP contribution in [-0.4, -0.2) is 46.2 Å². The highest BCUT2D eigenvalue weighted by molar-refractivity contribution is 6.01. The number of nitrogens with zero attached hydrogens (tertiary/aromatic N) is 2. The summed E-state index contributed by atoms with van der Waals surface area (Å²) in [4.78, 5) is 34.5. The second-order valence-corrected chi connectivity index (χ2v) is 10.1. The predicted molar refractivity (Wildman–Crippen MR) is 137 cm³/mol. The van der Waals surface area contributed by atoms with Crippen LogP contribution in [0.4, 0.5) is 4.39 Å². The van der Waals surface area contributed by atoms with Crippen molar-refractivity contribution in [1.29, 1.82) is 0 Å². The number of H-pyrrole nitrogens is 1. The highest BCUT2D eigenvalue weighted by Gasteiger charge is 2.56. The number of nitrogens with one attached hydrogen (secondary N) is 1. The molecular weight excluding hydrogens is 453 g/mol. The summed E-state index contributed by atoms with van der Waals surface area (Å²) in [6.07, 6.45) is 0.354. The van der Waals surface area contributed by atoms with Gasteiger partial charge in [0.05, 0.1) is 12.2 Å². The van der Waals surface area contributed by atoms with Crippen molar-refractivity contribution in [1.82, 2.24) is 14.8 Å². The lowest BCUT2D eigenvalue weighted by atomic mass is 9.76. The molecule has 0 bridgehead atoms. The van der Waals surface area contributed by atoms with E-state index in [2.05, 4.69) is 42.2 Å². The average molecular weight is 482 g/mol. The summed E-state index contributed by atoms with van der Waals surface area (Å²) in [6, 6.07) is 23.1. The van der Waals surface area contributed by atoms with E-state index in [1.54, 1.807) is 28.0 Å². The minimum atomic E-state index is -1.15. The highest BCUT2D eigenvalue weighted by atomic mass is 19.1. The summed E-state index contributed by atoms with van der Waals surface area (Å²) in [6.45, 7) is 4.62. The number of para-hydroxylation sites is 1. The zero-order chi connectivity index (χ0) is 25.0. The Kier molecular flexibility index (Phi) is 5.21. The number of carbonyl (C=O) groups excluding carboxylic acids is 2. The van der Waals surface area contributed by atoms with E-state index in [-0.39, 0.29) is 36.6 Å². The van der Waals surface area contributed by atoms with E-state index in [4.69, 9.17) is 0 Å². The van der Waals surface area contributed by atoms with Gasteiger partial charge in [0.1, 0.15) is 5.82 Å². The lowest BCUT2D eigenvalue weighted by Gasteiger charge is -2.51. The lowest BCUT2D eigenvalue weighted by Crippen LogP contribution is -2.67. The Bertz CT molecular complexity index is 1490. The van der Waals surface area contributed by atoms with Gasteiger partial charge in [-0.1, -0.05) is 66.2 Å². The van der Waals surface area contributed by atoms with E-state index in [0.29, 0.717) is 18.5 Å². The van der Waals surface area contributed by atoms with Crippen LogP contribution in [-0.2, 0) is 21.5 Å². The first kappa shape index (κ1) is 22.5. The quantitative estimate of drug-likeness (QED) is 0.451. The number of aryl methyl sites for hydroxylation is 1. The second-order valence-electron chi connectivity index (χ2n) is 10.1. The van der Waals surface area contributed by atoms with E-state index in [1.807, 2.05) is 25.1 Å². The molecule has 0 saturated carbocycles. The molecule has 36 heavy (non-hydrogen) atoms. The number of piperazine rings is 1. The van der Waals surface area contributed by atoms with Gasteiger partial charge in [-0.2, -0.15) is 0 Å². The summed E-state index contributed by atoms with van der Waals surface area (Å²) in [5.41, 5.74) is 4.48. The van der Waals surface area contributed by atoms with Gasteiger partial charge in [-0.25, -0.2) is 4.39 Å². The Labute approximate surface area is 209 Å². The smallest absolute Gasteiger partial charge is 0.254 e. The number of halogens is 1. The Morgan fingerprint density at radius 1 is 1.00 bits per heavy atom. The Morgan fingerprint density at radius 3 is 2.50 bits per heavy atom. The van der Waals surface area contributed by atoms with Crippen LogP contribution < -0.4 is 0 Å². The van der Waals surface area contributed by atoms with Crippen LogP contribution in [0.3, 0.4) is 0 Å². The molecule has 4 aromatic rings. The fourth-order valence-corrected chi connectivity index (χ4v) is 5.91. The Hall–Kier alpha value is -3.93. The molecule has 2 aliphatic heterocycles. The molecule has 1 aromatic heterocycles. The predicted octanol–water partition coefficient (Wildman–Crippen LogP) is 4.89. The molecule has 182 valence electrons. The van der Waals surface area contributed by atoms with Crippen molar-refractivity contribution in [2.24, 2.45) is 0 Å². The normalized spacial score (nSPS) is 21.6. The number of aromatic amines is 1. The van der Waals surface area contributed by atoms with Crippen LogP contribution >= 0.6 is 0 Å². The molecule has 1 unspecified atom stereocenters. The molecule has 6 heteroatoms. The first-order valence-corrected chi connectivity index (χ1v) is 12.4. The van der Waals surface area contributed by atoms with E-state index in [1.165, 1.54) is 11.6 Å². The summed E-state index contributed by atoms with van der Waals surface area (Å²) >= 11 is 0. The molecule has 1 fully saturated rings. The largest absolute Gasteiger partial charge is 0.356 e. The van der Waals surface area contributed by atoms with Gasteiger partial charge in [-0.3, -0.25) is 9.59 Å². The first-order chi connectivity index (χ1) is 17.4. The SMILES string of the molecule is Cc1ccc(C2CN3C(=O)CN(CCc4ccccc4F)C(=O)[C@]3(C)c3[nH]c4ccccc4c32)cc1. The van der Waals surface area contributed by atoms with Crippen LogP contribution in [0, 0.1) is 12.7 Å². The fraction of sp³-hybridized carbons (Fsp3) is 0.267. The van der Waals surface area contributed by atoms with Crippen LogP contribution in [0.2, 0.25) is 0 Å². The maximum Gasteiger partial charge on any atom is 0.254 e. The molecule has 0 aliphatic carbocycles. The van der Waals surface area contributed by atoms with Crippen molar-refractivity contribution in [3.8, 4) is 0 Å². The average Bonchev–Trinajstić information content (AvgIpc) is 3.28. The highest BCUT2D eigenvalue weighted by Crippen LogP contribution is 2.48. The summed E-state index contributed by atoms with van der Waals surface area (Å²) in [5.74, 6) is -0.565. The van der Waals surface area contributed by atoms with Gasteiger partial charge >= 0.3 is 0 Å². The number of hydrogen-bond donors (Lipinski definition) is 1. The van der Waals surface area contributed by atoms with Gasteiger partial charge in [0, 0.05) is 29.9 Å². The zero-order valence-corrected chi connectivity index (χ0v) is 20.4. The van der Waals surface area contributed by atoms with Gasteiger partial charge < -0.3 is 14.8 Å². The van der Waals surface area contributed by atoms with Gasteiger partial charge in [0.25, 0.3) is 5.91 Å². The molecule has 0 radical (unpaired) electrons. The van der Waals surface area contributed by atoms with Crippen molar-refractivity contribution in [2.45, 2.75) is 31.7 Å². The van der Waals surface area contributed by atoms with E-state index >= 15 is 0 Å². The van der Waals surface area contributed by atoms with Crippen molar-refractivity contribution in [2.75, 3.05) is 19.6 Å². The van der Waals surface area contributed by atoms with Crippen LogP contribution in [0.25, 0.3) is 10.9 Å². The third-order valence-corrected chi connectivity index (χ3v) is 7.91. The molecule has 5 nitrogen and oxygen atoms in total. The molecule has 3 aromatic carbocycles. The first-order valence-electron chi connectivity index (χ1n) is 12.4. The maximum atomic E-state index is 14.2. The molecule has 3 heterocycles. The van der Waals surface area contributed by atoms with Crippen molar-refractivity contribution in [3.05, 3.63) is 107 Å². The van der Waals surface area contributed by atoms with E-state index in [9.17, 15) is 14.0 Å². The third-order valence-electron chi connectivity index (χ3n) is 7.91. The maximum absolute atomic E-state index is 14.2. The number of rotatable bonds is 4. The summed E-state index contributed by atoms with van der Waals surface area (Å²) in [7, 11) is 0. The van der Waals surface area contributed by atoms with Crippen LogP contribution in [0.5, 0.6) is 0 Å². The number of fused-ring (bicyclic) bond motifs is 5. The number of aromatic nitrogens is 1. The Morgan fingerprint density at radius 2 is 1.72 bits per heavy atom. The van der Waals surface area contributed by atoms with Gasteiger partial charge in [0.2, 0.25) is 5.91 Å². The minimum absolute atomic E-state index is 0.000937. The molecular formula is C30H28FN3O2. The number of hydrogen-bond acceptors (Lipinski definition) is 2. The number of carbonyl (C=O) groups is 2. The van der Waals surface area contributed by atoms with Gasteiger partial charge in [-0.15, -0.1) is 0 Å². The molecule has 2 aliphatic rings. The lowest BCUT2D eigenvalue weighted by molar-refractivity contribution is -0.166. The van der Waals surface area contributed by atoms with Crippen LogP contribution in [0.1, 0.15) is 40.8 Å². The van der Waals surface area contributed by atoms with Crippen LogP contribution in [0.15, 0.2) is 72.8 Å². The third kappa shape index (κ3) is 3.35.